The lowest BCUT2D eigenvalue weighted by molar-refractivity contribution is -0.131. The average molecular weight is 208 g/mol. The highest BCUT2D eigenvalue weighted by Crippen LogP contribution is 2.24. The Kier molecular flexibility index (Phi) is 2.49. The third-order valence-corrected chi connectivity index (χ3v) is 1.69. The normalized spacial score (nSPS) is 14.1. The van der Waals surface area contributed by atoms with E-state index in [0.29, 0.717) is 30.7 Å². The Labute approximate surface area is 85.2 Å². The Morgan fingerprint density at radius 1 is 1.40 bits per heavy atom. The van der Waals surface area contributed by atoms with Crippen LogP contribution in [-0.4, -0.2) is 34.3 Å². The molecule has 0 aromatic carbocycles. The van der Waals surface area contributed by atoms with Crippen LogP contribution in [0.1, 0.15) is 5.69 Å². The van der Waals surface area contributed by atoms with Gasteiger partial charge in [-0.05, 0) is 6.08 Å². The number of aliphatic carboxylic acids is 1. The van der Waals surface area contributed by atoms with E-state index in [1.54, 1.807) is 0 Å². The number of hydrogen-bond donors (Lipinski definition) is 1. The summed E-state index contributed by atoms with van der Waals surface area (Å²) in [6, 6.07) is 0. The summed E-state index contributed by atoms with van der Waals surface area (Å²) in [4.78, 5) is 18.2. The lowest BCUT2D eigenvalue weighted by atomic mass is 10.4. The highest BCUT2D eigenvalue weighted by Gasteiger charge is 2.14. The summed E-state index contributed by atoms with van der Waals surface area (Å²) in [7, 11) is 0. The van der Waals surface area contributed by atoms with Crippen molar-refractivity contribution in [3.63, 3.8) is 0 Å². The van der Waals surface area contributed by atoms with E-state index < -0.39 is 5.97 Å². The second kappa shape index (κ2) is 3.95. The summed E-state index contributed by atoms with van der Waals surface area (Å²) in [5, 5.41) is 8.42. The summed E-state index contributed by atoms with van der Waals surface area (Å²) in [6.45, 7) is 0.875. The number of nitrogens with zero attached hydrogens (tertiary/aromatic N) is 2. The van der Waals surface area contributed by atoms with Crippen LogP contribution in [0.3, 0.4) is 0 Å². The van der Waals surface area contributed by atoms with Gasteiger partial charge in [0.2, 0.25) is 0 Å². The van der Waals surface area contributed by atoms with Crippen LogP contribution in [-0.2, 0) is 4.79 Å². The molecule has 15 heavy (non-hydrogen) atoms. The fourth-order valence-electron chi connectivity index (χ4n) is 1.08. The zero-order valence-electron chi connectivity index (χ0n) is 7.71. The van der Waals surface area contributed by atoms with Gasteiger partial charge < -0.3 is 14.6 Å². The van der Waals surface area contributed by atoms with Crippen molar-refractivity contribution in [3.05, 3.63) is 18.0 Å². The lowest BCUT2D eigenvalue weighted by Crippen LogP contribution is -2.17. The second-order valence-corrected chi connectivity index (χ2v) is 2.77. The van der Waals surface area contributed by atoms with E-state index in [0.717, 1.165) is 6.08 Å². The van der Waals surface area contributed by atoms with Gasteiger partial charge in [-0.3, -0.25) is 0 Å². The Balaban J connectivity index is 2.24. The molecule has 1 N–H and O–H groups in total. The SMILES string of the molecule is O=C(O)C=Cc1cnc2c(n1)OCCO2. The summed E-state index contributed by atoms with van der Waals surface area (Å²) in [6.07, 6.45) is 3.75. The van der Waals surface area contributed by atoms with Gasteiger partial charge in [0.15, 0.2) is 0 Å². The predicted molar refractivity (Wildman–Crippen MR) is 49.7 cm³/mol. The van der Waals surface area contributed by atoms with Crippen LogP contribution in [0.5, 0.6) is 11.8 Å². The van der Waals surface area contributed by atoms with Crippen molar-refractivity contribution in [2.45, 2.75) is 0 Å². The van der Waals surface area contributed by atoms with Gasteiger partial charge in [0, 0.05) is 6.08 Å². The van der Waals surface area contributed by atoms with Crippen LogP contribution in [0.25, 0.3) is 6.08 Å². The molecule has 0 fully saturated rings. The highest BCUT2D eigenvalue weighted by atomic mass is 16.6. The van der Waals surface area contributed by atoms with Crippen molar-refractivity contribution >= 4 is 12.0 Å². The summed E-state index contributed by atoms with van der Waals surface area (Å²) >= 11 is 0. The number of rotatable bonds is 2. The van der Waals surface area contributed by atoms with Gasteiger partial charge >= 0.3 is 5.97 Å². The average Bonchev–Trinajstić information content (AvgIpc) is 2.26. The molecule has 6 heteroatoms. The Morgan fingerprint density at radius 3 is 2.87 bits per heavy atom. The van der Waals surface area contributed by atoms with Crippen molar-refractivity contribution in [2.75, 3.05) is 13.2 Å². The molecular formula is C9H8N2O4. The quantitative estimate of drug-likeness (QED) is 0.706. The van der Waals surface area contributed by atoms with Crippen LogP contribution in [0.2, 0.25) is 0 Å². The van der Waals surface area contributed by atoms with Gasteiger partial charge in [-0.1, -0.05) is 0 Å². The summed E-state index contributed by atoms with van der Waals surface area (Å²) in [5.74, 6) is -0.394. The monoisotopic (exact) mass is 208 g/mol. The Morgan fingerprint density at radius 2 is 2.13 bits per heavy atom. The highest BCUT2D eigenvalue weighted by molar-refractivity contribution is 5.84. The molecule has 0 unspecified atom stereocenters. The third-order valence-electron chi connectivity index (χ3n) is 1.69. The number of fused-ring (bicyclic) bond motifs is 1. The van der Waals surface area contributed by atoms with Gasteiger partial charge in [0.25, 0.3) is 11.8 Å². The van der Waals surface area contributed by atoms with Gasteiger partial charge in [0.1, 0.15) is 13.2 Å². The smallest absolute Gasteiger partial charge is 0.328 e. The van der Waals surface area contributed by atoms with E-state index in [9.17, 15) is 4.79 Å². The molecule has 0 aliphatic carbocycles. The number of carbonyl (C=O) groups is 1. The van der Waals surface area contributed by atoms with E-state index in [2.05, 4.69) is 9.97 Å². The fraction of sp³-hybridized carbons (Fsp3) is 0.222. The molecule has 6 nitrogen and oxygen atoms in total. The molecule has 0 saturated carbocycles. The molecule has 0 saturated heterocycles. The number of ether oxygens (including phenoxy) is 2. The number of carboxylic acids is 1. The first kappa shape index (κ1) is 9.45. The second-order valence-electron chi connectivity index (χ2n) is 2.77. The minimum Gasteiger partial charge on any atom is -0.478 e. The van der Waals surface area contributed by atoms with E-state index in [4.69, 9.17) is 14.6 Å². The van der Waals surface area contributed by atoms with Crippen LogP contribution >= 0.6 is 0 Å². The molecule has 1 aliphatic rings. The van der Waals surface area contributed by atoms with Gasteiger partial charge in [-0.25, -0.2) is 14.8 Å². The fourth-order valence-corrected chi connectivity index (χ4v) is 1.08. The van der Waals surface area contributed by atoms with Gasteiger partial charge in [-0.2, -0.15) is 0 Å². The van der Waals surface area contributed by atoms with Crippen molar-refractivity contribution in [1.29, 1.82) is 0 Å². The topological polar surface area (TPSA) is 81.5 Å². The zero-order valence-corrected chi connectivity index (χ0v) is 7.71. The van der Waals surface area contributed by atoms with Crippen molar-refractivity contribution in [1.82, 2.24) is 9.97 Å². The minimum absolute atomic E-state index is 0.300. The Hall–Kier alpha value is -2.11. The van der Waals surface area contributed by atoms with Crippen LogP contribution in [0.15, 0.2) is 12.3 Å². The zero-order chi connectivity index (χ0) is 10.7. The van der Waals surface area contributed by atoms with Crippen LogP contribution in [0, 0.1) is 0 Å². The molecule has 2 heterocycles. The standard InChI is InChI=1S/C9H8N2O4/c12-7(13)2-1-6-5-10-8-9(11-6)15-4-3-14-8/h1-2,5H,3-4H2,(H,12,13). The number of carboxylic acid groups (broad SMARTS) is 1. The first-order valence-corrected chi connectivity index (χ1v) is 4.29. The predicted octanol–water partition coefficient (Wildman–Crippen LogP) is 0.346. The van der Waals surface area contributed by atoms with Crippen molar-refractivity contribution < 1.29 is 19.4 Å². The molecule has 1 aromatic heterocycles. The molecule has 1 aliphatic heterocycles. The third kappa shape index (κ3) is 2.22. The van der Waals surface area contributed by atoms with E-state index in [-0.39, 0.29) is 0 Å². The first-order chi connectivity index (χ1) is 7.25. The first-order valence-electron chi connectivity index (χ1n) is 4.29. The molecule has 78 valence electrons. The lowest BCUT2D eigenvalue weighted by Gasteiger charge is -2.15. The number of aromatic nitrogens is 2. The Bertz CT molecular complexity index is 417. The molecule has 0 radical (unpaired) electrons. The van der Waals surface area contributed by atoms with E-state index in [1.807, 2.05) is 0 Å². The molecule has 1 aromatic rings. The maximum Gasteiger partial charge on any atom is 0.328 e. The molecule has 0 amide bonds. The molecular weight excluding hydrogens is 200 g/mol. The maximum absolute atomic E-state index is 10.3. The van der Waals surface area contributed by atoms with Crippen molar-refractivity contribution in [2.24, 2.45) is 0 Å². The summed E-state index contributed by atoms with van der Waals surface area (Å²) in [5.41, 5.74) is 0.418. The molecule has 2 rings (SSSR count). The summed E-state index contributed by atoms with van der Waals surface area (Å²) < 4.78 is 10.4. The van der Waals surface area contributed by atoms with E-state index >= 15 is 0 Å². The maximum atomic E-state index is 10.3. The van der Waals surface area contributed by atoms with Gasteiger partial charge in [0.05, 0.1) is 11.9 Å². The van der Waals surface area contributed by atoms with Crippen LogP contribution in [0.4, 0.5) is 0 Å². The van der Waals surface area contributed by atoms with Crippen molar-refractivity contribution in [3.8, 4) is 11.8 Å². The van der Waals surface area contributed by atoms with E-state index in [1.165, 1.54) is 12.3 Å². The van der Waals surface area contributed by atoms with Gasteiger partial charge in [-0.15, -0.1) is 0 Å². The largest absolute Gasteiger partial charge is 0.478 e. The molecule has 0 atom stereocenters. The number of hydrogen-bond acceptors (Lipinski definition) is 5. The molecule has 0 spiro atoms. The van der Waals surface area contributed by atoms with Crippen LogP contribution < -0.4 is 9.47 Å². The minimum atomic E-state index is -1.04. The molecule has 0 bridgehead atoms.